The van der Waals surface area contributed by atoms with Crippen molar-refractivity contribution in [3.8, 4) is 5.75 Å². The highest BCUT2D eigenvalue weighted by Gasteiger charge is 2.43. The number of nitrogens with zero attached hydrogens (tertiary/aromatic N) is 1. The lowest BCUT2D eigenvalue weighted by Crippen LogP contribution is -2.58. The molecule has 18 heavy (non-hydrogen) atoms. The number of fused-ring (bicyclic) bond motifs is 1. The number of likely N-dealkylation sites (tertiary alicyclic amines) is 1. The van der Waals surface area contributed by atoms with Gasteiger partial charge in [0.25, 0.3) is 0 Å². The summed E-state index contributed by atoms with van der Waals surface area (Å²) in [7, 11) is 2.14. The Morgan fingerprint density at radius 1 is 1.39 bits per heavy atom. The molecule has 0 amide bonds. The summed E-state index contributed by atoms with van der Waals surface area (Å²) in [6, 6.07) is 5.58. The minimum atomic E-state index is -0.780. The van der Waals surface area contributed by atoms with Gasteiger partial charge in [0.1, 0.15) is 5.75 Å². The van der Waals surface area contributed by atoms with Crippen molar-refractivity contribution in [3.63, 3.8) is 0 Å². The van der Waals surface area contributed by atoms with Crippen molar-refractivity contribution in [3.05, 3.63) is 18.2 Å². The van der Waals surface area contributed by atoms with Crippen LogP contribution < -0.4 is 21.5 Å². The molecule has 1 saturated heterocycles. The van der Waals surface area contributed by atoms with Gasteiger partial charge in [-0.2, -0.15) is 0 Å². The van der Waals surface area contributed by atoms with Crippen molar-refractivity contribution in [2.45, 2.75) is 18.7 Å². The van der Waals surface area contributed by atoms with Gasteiger partial charge in [-0.05, 0) is 51.2 Å². The first-order valence-electron chi connectivity index (χ1n) is 6.41. The summed E-state index contributed by atoms with van der Waals surface area (Å²) >= 11 is 0. The van der Waals surface area contributed by atoms with E-state index >= 15 is 0 Å². The average molecular weight is 248 g/mol. The van der Waals surface area contributed by atoms with Gasteiger partial charge >= 0.3 is 0 Å². The molecule has 0 aromatic heterocycles. The molecule has 0 aliphatic carbocycles. The van der Waals surface area contributed by atoms with E-state index in [-0.39, 0.29) is 0 Å². The fourth-order valence-electron chi connectivity index (χ4n) is 2.78. The predicted molar refractivity (Wildman–Crippen MR) is 72.2 cm³/mol. The summed E-state index contributed by atoms with van der Waals surface area (Å²) in [4.78, 5) is 2.32. The second kappa shape index (κ2) is 4.03. The van der Waals surface area contributed by atoms with Gasteiger partial charge in [-0.1, -0.05) is 0 Å². The quantitative estimate of drug-likeness (QED) is 0.647. The van der Waals surface area contributed by atoms with Crippen LogP contribution in [0.1, 0.15) is 12.8 Å². The highest BCUT2D eigenvalue weighted by atomic mass is 16.5. The van der Waals surface area contributed by atoms with Gasteiger partial charge in [0.05, 0.1) is 5.69 Å². The first-order chi connectivity index (χ1) is 8.57. The maximum Gasteiger partial charge on any atom is 0.239 e. The SMILES string of the molecule is CN1CCC(C2(N)Nc3cc(N)ccc3O2)CC1. The first kappa shape index (κ1) is 11.6. The number of benzene rings is 1. The zero-order chi connectivity index (χ0) is 12.8. The van der Waals surface area contributed by atoms with E-state index in [1.54, 1.807) is 0 Å². The van der Waals surface area contributed by atoms with Gasteiger partial charge in [0, 0.05) is 11.6 Å². The molecule has 1 fully saturated rings. The van der Waals surface area contributed by atoms with Crippen LogP contribution in [-0.4, -0.2) is 30.9 Å². The van der Waals surface area contributed by atoms with E-state index in [9.17, 15) is 0 Å². The Kier molecular flexibility index (Phi) is 2.60. The number of hydrogen-bond acceptors (Lipinski definition) is 5. The van der Waals surface area contributed by atoms with Crippen molar-refractivity contribution in [2.75, 3.05) is 31.2 Å². The Balaban J connectivity index is 1.78. The average Bonchev–Trinajstić information content (AvgIpc) is 2.66. The molecule has 5 heteroatoms. The molecule has 1 aromatic carbocycles. The third-order valence-corrected chi connectivity index (χ3v) is 3.94. The molecule has 5 N–H and O–H groups in total. The second-order valence-corrected chi connectivity index (χ2v) is 5.35. The zero-order valence-corrected chi connectivity index (χ0v) is 10.6. The molecule has 0 bridgehead atoms. The largest absolute Gasteiger partial charge is 0.453 e. The molecule has 1 aromatic rings. The Morgan fingerprint density at radius 3 is 2.83 bits per heavy atom. The van der Waals surface area contributed by atoms with Gasteiger partial charge in [0.2, 0.25) is 5.85 Å². The number of hydrogen-bond donors (Lipinski definition) is 3. The molecule has 0 saturated carbocycles. The van der Waals surface area contributed by atoms with Crippen LogP contribution in [-0.2, 0) is 0 Å². The monoisotopic (exact) mass is 248 g/mol. The molecule has 3 rings (SSSR count). The van der Waals surface area contributed by atoms with Gasteiger partial charge in [-0.3, -0.25) is 5.73 Å². The lowest BCUT2D eigenvalue weighted by molar-refractivity contribution is 0.0236. The minimum absolute atomic E-state index is 0.322. The Bertz CT molecular complexity index is 456. The molecule has 2 aliphatic heterocycles. The van der Waals surface area contributed by atoms with Crippen LogP contribution in [0.15, 0.2) is 18.2 Å². The standard InChI is InChI=1S/C13H20N4O/c1-17-6-4-9(5-7-17)13(15)16-11-8-10(14)2-3-12(11)18-13/h2-3,8-9,16H,4-7,14-15H2,1H3. The van der Waals surface area contributed by atoms with E-state index < -0.39 is 5.85 Å². The van der Waals surface area contributed by atoms with E-state index in [2.05, 4.69) is 17.3 Å². The smallest absolute Gasteiger partial charge is 0.239 e. The van der Waals surface area contributed by atoms with Crippen LogP contribution >= 0.6 is 0 Å². The summed E-state index contributed by atoms with van der Waals surface area (Å²) in [5, 5.41) is 3.29. The Morgan fingerprint density at radius 2 is 2.11 bits per heavy atom. The summed E-state index contributed by atoms with van der Waals surface area (Å²) in [6.45, 7) is 2.13. The molecule has 0 radical (unpaired) electrons. The van der Waals surface area contributed by atoms with Crippen LogP contribution in [0.3, 0.4) is 0 Å². The summed E-state index contributed by atoms with van der Waals surface area (Å²) in [5.41, 5.74) is 13.8. The number of piperidine rings is 1. The molecule has 5 nitrogen and oxygen atoms in total. The molecule has 1 atom stereocenters. The van der Waals surface area contributed by atoms with Crippen LogP contribution in [0.25, 0.3) is 0 Å². The zero-order valence-electron chi connectivity index (χ0n) is 10.6. The molecule has 98 valence electrons. The summed E-state index contributed by atoms with van der Waals surface area (Å²) < 4.78 is 5.92. The van der Waals surface area contributed by atoms with Crippen LogP contribution in [0, 0.1) is 5.92 Å². The molecule has 1 unspecified atom stereocenters. The lowest BCUT2D eigenvalue weighted by Gasteiger charge is -2.38. The second-order valence-electron chi connectivity index (χ2n) is 5.35. The Labute approximate surface area is 107 Å². The maximum absolute atomic E-state index is 6.39. The van der Waals surface area contributed by atoms with E-state index in [4.69, 9.17) is 16.2 Å². The predicted octanol–water partition coefficient (Wildman–Crippen LogP) is 1.03. The molecule has 2 aliphatic rings. The minimum Gasteiger partial charge on any atom is -0.453 e. The fraction of sp³-hybridized carbons (Fsp3) is 0.538. The van der Waals surface area contributed by atoms with Gasteiger partial charge in [0.15, 0.2) is 0 Å². The number of rotatable bonds is 1. The first-order valence-corrected chi connectivity index (χ1v) is 6.41. The van der Waals surface area contributed by atoms with E-state index in [0.717, 1.165) is 43.1 Å². The van der Waals surface area contributed by atoms with Crippen LogP contribution in [0.4, 0.5) is 11.4 Å². The van der Waals surface area contributed by atoms with Crippen molar-refractivity contribution in [1.29, 1.82) is 0 Å². The highest BCUT2D eigenvalue weighted by Crippen LogP contribution is 2.40. The fourth-order valence-corrected chi connectivity index (χ4v) is 2.78. The van der Waals surface area contributed by atoms with Crippen molar-refractivity contribution < 1.29 is 4.74 Å². The number of anilines is 2. The van der Waals surface area contributed by atoms with Crippen LogP contribution in [0.2, 0.25) is 0 Å². The topological polar surface area (TPSA) is 76.5 Å². The third kappa shape index (κ3) is 1.89. The molecular formula is C13H20N4O. The third-order valence-electron chi connectivity index (χ3n) is 3.94. The summed E-state index contributed by atoms with van der Waals surface area (Å²) in [5.74, 6) is 0.338. The van der Waals surface area contributed by atoms with Crippen molar-refractivity contribution in [2.24, 2.45) is 11.7 Å². The van der Waals surface area contributed by atoms with Crippen LogP contribution in [0.5, 0.6) is 5.75 Å². The molecule has 0 spiro atoms. The lowest BCUT2D eigenvalue weighted by atomic mass is 9.92. The van der Waals surface area contributed by atoms with Gasteiger partial charge in [-0.15, -0.1) is 0 Å². The number of ether oxygens (including phenoxy) is 1. The van der Waals surface area contributed by atoms with Gasteiger partial charge < -0.3 is 20.7 Å². The number of nitrogen functional groups attached to an aromatic ring is 1. The maximum atomic E-state index is 6.39. The van der Waals surface area contributed by atoms with E-state index in [0.29, 0.717) is 5.92 Å². The van der Waals surface area contributed by atoms with Crippen molar-refractivity contribution >= 4 is 11.4 Å². The summed E-state index contributed by atoms with van der Waals surface area (Å²) in [6.07, 6.45) is 2.09. The number of nitrogens with one attached hydrogen (secondary N) is 1. The van der Waals surface area contributed by atoms with E-state index in [1.165, 1.54) is 0 Å². The van der Waals surface area contributed by atoms with Crippen molar-refractivity contribution in [1.82, 2.24) is 4.90 Å². The Hall–Kier alpha value is -1.46. The molecule has 2 heterocycles. The molecular weight excluding hydrogens is 228 g/mol. The normalized spacial score (nSPS) is 28.6. The van der Waals surface area contributed by atoms with E-state index in [1.807, 2.05) is 18.2 Å². The number of nitrogens with two attached hydrogens (primary N) is 2. The highest BCUT2D eigenvalue weighted by molar-refractivity contribution is 5.67. The van der Waals surface area contributed by atoms with Gasteiger partial charge in [-0.25, -0.2) is 0 Å².